The van der Waals surface area contributed by atoms with Crippen LogP contribution in [0, 0.1) is 0 Å². The van der Waals surface area contributed by atoms with Crippen LogP contribution in [0.3, 0.4) is 0 Å². The maximum absolute atomic E-state index is 12.3. The number of benzene rings is 2. The van der Waals surface area contributed by atoms with Crippen molar-refractivity contribution in [3.8, 4) is 11.5 Å². The summed E-state index contributed by atoms with van der Waals surface area (Å²) in [5.41, 5.74) is 2.96. The first-order valence-corrected chi connectivity index (χ1v) is 10.1. The largest absolute Gasteiger partial charge is 0.454 e. The van der Waals surface area contributed by atoms with Crippen LogP contribution in [0.15, 0.2) is 59.4 Å². The van der Waals surface area contributed by atoms with Gasteiger partial charge in [-0.2, -0.15) is 0 Å². The number of nitrogens with zero attached hydrogens (tertiary/aromatic N) is 4. The van der Waals surface area contributed by atoms with E-state index in [4.69, 9.17) is 14.2 Å². The number of carbonyl (C=O) groups is 1. The lowest BCUT2D eigenvalue weighted by atomic mass is 10.2. The standard InChI is InChI=1S/C22H19N5O4/c28-21-17(23-20(31-21)14-5-6-18-19(11-14)30-13-29-18)12-26-7-9-27(10-8-26)22-24-15-3-1-2-4-16(15)25-22/h1-6,11-12H,7-10,13H2,(H,24,25). The minimum Gasteiger partial charge on any atom is -0.454 e. The van der Waals surface area contributed by atoms with Crippen LogP contribution in [0.25, 0.3) is 11.0 Å². The molecule has 1 fully saturated rings. The Bertz CT molecular complexity index is 1210. The van der Waals surface area contributed by atoms with E-state index in [0.717, 1.165) is 43.2 Å². The molecule has 1 N–H and O–H groups in total. The number of fused-ring (bicyclic) bond motifs is 2. The van der Waals surface area contributed by atoms with Gasteiger partial charge in [0.05, 0.1) is 11.0 Å². The molecule has 3 aromatic rings. The monoisotopic (exact) mass is 417 g/mol. The molecule has 31 heavy (non-hydrogen) atoms. The average molecular weight is 417 g/mol. The molecule has 156 valence electrons. The Hall–Kier alpha value is -4.01. The molecule has 6 rings (SSSR count). The quantitative estimate of drug-likeness (QED) is 0.516. The molecule has 1 saturated heterocycles. The fraction of sp³-hybridized carbons (Fsp3) is 0.227. The summed E-state index contributed by atoms with van der Waals surface area (Å²) in [5.74, 6) is 1.99. The number of aliphatic imine (C=N–C) groups is 1. The Balaban J connectivity index is 1.15. The lowest BCUT2D eigenvalue weighted by Gasteiger charge is -2.33. The van der Waals surface area contributed by atoms with Crippen LogP contribution < -0.4 is 14.4 Å². The van der Waals surface area contributed by atoms with Gasteiger partial charge in [-0.25, -0.2) is 14.8 Å². The molecule has 0 saturated carbocycles. The van der Waals surface area contributed by atoms with E-state index >= 15 is 0 Å². The molecule has 0 radical (unpaired) electrons. The maximum atomic E-state index is 12.3. The number of aromatic nitrogens is 2. The fourth-order valence-electron chi connectivity index (χ4n) is 3.88. The van der Waals surface area contributed by atoms with Gasteiger partial charge in [-0.3, -0.25) is 0 Å². The Labute approximate surface area is 177 Å². The highest BCUT2D eigenvalue weighted by Crippen LogP contribution is 2.33. The molecule has 4 heterocycles. The van der Waals surface area contributed by atoms with Crippen molar-refractivity contribution in [1.29, 1.82) is 0 Å². The van der Waals surface area contributed by atoms with Gasteiger partial charge < -0.3 is 29.0 Å². The third kappa shape index (κ3) is 3.24. The van der Waals surface area contributed by atoms with Crippen LogP contribution >= 0.6 is 0 Å². The molecule has 3 aliphatic rings. The van der Waals surface area contributed by atoms with Crippen molar-refractivity contribution < 1.29 is 19.0 Å². The molecule has 2 aromatic carbocycles. The highest BCUT2D eigenvalue weighted by Gasteiger charge is 2.27. The van der Waals surface area contributed by atoms with Crippen LogP contribution in [-0.4, -0.2) is 59.7 Å². The zero-order chi connectivity index (χ0) is 20.8. The smallest absolute Gasteiger partial charge is 0.365 e. The summed E-state index contributed by atoms with van der Waals surface area (Å²) in [6.45, 7) is 3.27. The Morgan fingerprint density at radius 2 is 1.84 bits per heavy atom. The normalized spacial score (nSPS) is 19.3. The molecule has 0 aliphatic carbocycles. The van der Waals surface area contributed by atoms with Crippen molar-refractivity contribution in [2.75, 3.05) is 37.9 Å². The molecule has 0 amide bonds. The second-order valence-electron chi connectivity index (χ2n) is 7.49. The average Bonchev–Trinajstić information content (AvgIpc) is 3.52. The number of piperazine rings is 1. The summed E-state index contributed by atoms with van der Waals surface area (Å²) in [6.07, 6.45) is 1.78. The molecular weight excluding hydrogens is 398 g/mol. The summed E-state index contributed by atoms with van der Waals surface area (Å²) in [4.78, 5) is 29.1. The first-order valence-electron chi connectivity index (χ1n) is 10.1. The summed E-state index contributed by atoms with van der Waals surface area (Å²) in [6, 6.07) is 13.3. The van der Waals surface area contributed by atoms with E-state index in [9.17, 15) is 4.79 Å². The highest BCUT2D eigenvalue weighted by atomic mass is 16.7. The summed E-state index contributed by atoms with van der Waals surface area (Å²) in [7, 11) is 0. The molecule has 1 aromatic heterocycles. The van der Waals surface area contributed by atoms with E-state index in [1.165, 1.54) is 0 Å². The molecule has 0 unspecified atom stereocenters. The number of rotatable bonds is 3. The lowest BCUT2D eigenvalue weighted by molar-refractivity contribution is -0.130. The zero-order valence-electron chi connectivity index (χ0n) is 16.6. The number of aromatic amines is 1. The van der Waals surface area contributed by atoms with Crippen molar-refractivity contribution in [3.05, 3.63) is 59.9 Å². The molecule has 0 atom stereocenters. The van der Waals surface area contributed by atoms with Crippen LogP contribution in [-0.2, 0) is 9.53 Å². The Kier molecular flexibility index (Phi) is 4.05. The summed E-state index contributed by atoms with van der Waals surface area (Å²) >= 11 is 0. The highest BCUT2D eigenvalue weighted by molar-refractivity contribution is 6.11. The molecule has 9 heteroatoms. The van der Waals surface area contributed by atoms with Crippen molar-refractivity contribution in [3.63, 3.8) is 0 Å². The number of H-pyrrole nitrogens is 1. The van der Waals surface area contributed by atoms with Crippen LogP contribution in [0.2, 0.25) is 0 Å². The van der Waals surface area contributed by atoms with E-state index in [1.54, 1.807) is 24.4 Å². The van der Waals surface area contributed by atoms with E-state index in [0.29, 0.717) is 22.8 Å². The van der Waals surface area contributed by atoms with Crippen molar-refractivity contribution in [2.24, 2.45) is 4.99 Å². The fourth-order valence-corrected chi connectivity index (χ4v) is 3.88. The van der Waals surface area contributed by atoms with Gasteiger partial charge in [0.15, 0.2) is 17.2 Å². The van der Waals surface area contributed by atoms with E-state index in [2.05, 4.69) is 24.8 Å². The second kappa shape index (κ2) is 7.05. The third-order valence-corrected chi connectivity index (χ3v) is 5.54. The van der Waals surface area contributed by atoms with Crippen LogP contribution in [0.5, 0.6) is 11.5 Å². The number of carbonyl (C=O) groups excluding carboxylic acids is 1. The number of para-hydroxylation sites is 2. The molecule has 3 aliphatic heterocycles. The summed E-state index contributed by atoms with van der Waals surface area (Å²) in [5, 5.41) is 0. The molecule has 0 spiro atoms. The number of hydrogen-bond acceptors (Lipinski definition) is 8. The van der Waals surface area contributed by atoms with Crippen molar-refractivity contribution in [2.45, 2.75) is 0 Å². The number of hydrogen-bond donors (Lipinski definition) is 1. The van der Waals surface area contributed by atoms with Crippen LogP contribution in [0.1, 0.15) is 5.56 Å². The Morgan fingerprint density at radius 3 is 2.71 bits per heavy atom. The lowest BCUT2D eigenvalue weighted by Crippen LogP contribution is -2.44. The van der Waals surface area contributed by atoms with Gasteiger partial charge in [-0.15, -0.1) is 0 Å². The topological polar surface area (TPSA) is 92.3 Å². The first-order chi connectivity index (χ1) is 15.2. The van der Waals surface area contributed by atoms with Gasteiger partial charge in [0, 0.05) is 37.9 Å². The predicted molar refractivity (Wildman–Crippen MR) is 113 cm³/mol. The number of ether oxygens (including phenoxy) is 3. The molecule has 9 nitrogen and oxygen atoms in total. The number of cyclic esters (lactones) is 1. The second-order valence-corrected chi connectivity index (χ2v) is 7.49. The van der Waals surface area contributed by atoms with Gasteiger partial charge >= 0.3 is 5.97 Å². The molecular formula is C22H19N5O4. The number of esters is 1. The number of imidazole rings is 1. The summed E-state index contributed by atoms with van der Waals surface area (Å²) < 4.78 is 16.1. The predicted octanol–water partition coefficient (Wildman–Crippen LogP) is 2.26. The minimum absolute atomic E-state index is 0.191. The van der Waals surface area contributed by atoms with Gasteiger partial charge in [-0.05, 0) is 30.3 Å². The number of anilines is 1. The van der Waals surface area contributed by atoms with Gasteiger partial charge in [0.2, 0.25) is 18.6 Å². The number of nitrogens with one attached hydrogen (secondary N) is 1. The van der Waals surface area contributed by atoms with Gasteiger partial charge in [-0.1, -0.05) is 12.1 Å². The SMILES string of the molecule is O=C1OC(c2ccc3c(c2)OCO3)=NC1=CN1CCN(c2nc3ccccc3[nH]2)CC1. The first kappa shape index (κ1) is 17.8. The third-order valence-electron chi connectivity index (χ3n) is 5.54. The van der Waals surface area contributed by atoms with Crippen LogP contribution in [0.4, 0.5) is 5.95 Å². The van der Waals surface area contributed by atoms with Crippen molar-refractivity contribution in [1.82, 2.24) is 14.9 Å². The zero-order valence-corrected chi connectivity index (χ0v) is 16.6. The van der Waals surface area contributed by atoms with E-state index in [1.807, 2.05) is 24.3 Å². The molecule has 0 bridgehead atoms. The van der Waals surface area contributed by atoms with Gasteiger partial charge in [0.1, 0.15) is 0 Å². The Morgan fingerprint density at radius 1 is 1.00 bits per heavy atom. The maximum Gasteiger partial charge on any atom is 0.365 e. The van der Waals surface area contributed by atoms with Crippen molar-refractivity contribution >= 4 is 28.8 Å². The minimum atomic E-state index is -0.451. The van der Waals surface area contributed by atoms with Gasteiger partial charge in [0.25, 0.3) is 0 Å². The van der Waals surface area contributed by atoms with E-state index < -0.39 is 5.97 Å². The van der Waals surface area contributed by atoms with E-state index in [-0.39, 0.29) is 12.7 Å².